The van der Waals surface area contributed by atoms with Gasteiger partial charge in [-0.1, -0.05) is 182 Å². The minimum absolute atomic E-state index is 0.00308. The number of benzene rings is 6. The van der Waals surface area contributed by atoms with Crippen LogP contribution in [0.3, 0.4) is 0 Å². The maximum absolute atomic E-state index is 14.5. The number of carbonyl (C=O) groups is 1. The molecule has 2 aliphatic rings. The first kappa shape index (κ1) is 62.9. The van der Waals surface area contributed by atoms with E-state index in [4.69, 9.17) is 38.4 Å². The topological polar surface area (TPSA) is 272 Å². The van der Waals surface area contributed by atoms with Crippen molar-refractivity contribution in [3.63, 3.8) is 0 Å². The molecule has 0 radical (unpaired) electrons. The molecule has 0 aliphatic carbocycles. The molecule has 0 spiro atoms. The van der Waals surface area contributed by atoms with Crippen molar-refractivity contribution in [2.75, 3.05) is 24.9 Å². The number of aliphatic hydroxyl groups is 2. The average molecular weight is 1280 g/mol. The predicted octanol–water partition coefficient (Wildman–Crippen LogP) is 10.4. The lowest BCUT2D eigenvalue weighted by atomic mass is 9.77. The van der Waals surface area contributed by atoms with Crippen LogP contribution < -0.4 is 41.0 Å². The standard InChI is InChI=1S/C69H70N8O13S2/c1-7-51(78)53-37-49(61(89-53)76-57-55(91-65(76)82)59(80)72-63(70-57)74-68(41-21-13-9-14-22-41,42-23-15-10-16-24-42)45-29-33-47(85-5)34-30-45)39(3)87-67(84)88-40(4)50-38-54(52(79)8-2)90-62(50)77-58-56(92-66(77)83)60(81)73-64(71-58)75-69(43-25-17-11-18-26-43,44-27-19-12-20-28-44)46-31-35-48(86-6)36-32-46/h9-36,39-40,49-54,61-62,78-79H,7-8,37-38H2,1-6H3,(H2,70,72,74,80)(H2,71,73,75,81)/t39-,40-,49+,50+,51+,52+,53+,54+,61-,62-/m1/s1. The van der Waals surface area contributed by atoms with E-state index in [1.165, 1.54) is 9.13 Å². The second-order valence-corrected chi connectivity index (χ2v) is 25.0. The number of carbonyl (C=O) groups excluding carboxylic acids is 1. The van der Waals surface area contributed by atoms with Crippen LogP contribution in [0.4, 0.5) is 16.7 Å². The summed E-state index contributed by atoms with van der Waals surface area (Å²) in [5.41, 5.74) is 1.23. The van der Waals surface area contributed by atoms with Crippen LogP contribution in [0.25, 0.3) is 20.7 Å². The zero-order valence-corrected chi connectivity index (χ0v) is 52.9. The van der Waals surface area contributed by atoms with Crippen LogP contribution in [0.1, 0.15) is 99.2 Å². The smallest absolute Gasteiger partial charge is 0.497 e. The molecule has 0 unspecified atom stereocenters. The molecule has 0 bridgehead atoms. The Morgan fingerprint density at radius 3 is 1.16 bits per heavy atom. The Bertz CT molecular complexity index is 4090. The van der Waals surface area contributed by atoms with E-state index in [0.717, 1.165) is 33.4 Å². The van der Waals surface area contributed by atoms with Crippen LogP contribution in [-0.4, -0.2) is 96.3 Å². The summed E-state index contributed by atoms with van der Waals surface area (Å²) in [6, 6.07) is 53.8. The number of H-pyrrole nitrogens is 2. The highest BCUT2D eigenvalue weighted by Gasteiger charge is 2.48. The zero-order valence-electron chi connectivity index (χ0n) is 51.3. The number of hydrogen-bond acceptors (Lipinski definition) is 19. The number of anilines is 2. The lowest BCUT2D eigenvalue weighted by Gasteiger charge is -2.37. The lowest BCUT2D eigenvalue weighted by molar-refractivity contribution is -0.0872. The molecular formula is C69H70N8O13S2. The molecule has 2 saturated heterocycles. The molecule has 4 aromatic heterocycles. The summed E-state index contributed by atoms with van der Waals surface area (Å²) in [5, 5.41) is 29.9. The number of nitrogens with one attached hydrogen (secondary N) is 4. The van der Waals surface area contributed by atoms with Crippen molar-refractivity contribution in [3.05, 3.63) is 243 Å². The minimum atomic E-state index is -1.21. The Morgan fingerprint density at radius 2 is 0.859 bits per heavy atom. The van der Waals surface area contributed by atoms with Gasteiger partial charge >= 0.3 is 15.9 Å². The van der Waals surface area contributed by atoms with E-state index in [1.54, 1.807) is 41.9 Å². The highest BCUT2D eigenvalue weighted by atomic mass is 32.1. The molecule has 10 atom stereocenters. The van der Waals surface area contributed by atoms with Gasteiger partial charge in [-0.25, -0.2) is 4.79 Å². The van der Waals surface area contributed by atoms with E-state index >= 15 is 0 Å². The van der Waals surface area contributed by atoms with Crippen molar-refractivity contribution in [2.24, 2.45) is 11.8 Å². The van der Waals surface area contributed by atoms with Gasteiger partial charge in [0.25, 0.3) is 11.1 Å². The summed E-state index contributed by atoms with van der Waals surface area (Å²) < 4.78 is 39.1. The predicted molar refractivity (Wildman–Crippen MR) is 351 cm³/mol. The van der Waals surface area contributed by atoms with Gasteiger partial charge in [-0.3, -0.25) is 38.3 Å². The van der Waals surface area contributed by atoms with Gasteiger partial charge in [0.2, 0.25) is 11.9 Å². The number of thiazole rings is 2. The summed E-state index contributed by atoms with van der Waals surface area (Å²) in [6.45, 7) is 6.84. The second kappa shape index (κ2) is 26.5. The zero-order chi connectivity index (χ0) is 64.4. The molecule has 23 heteroatoms. The van der Waals surface area contributed by atoms with E-state index in [9.17, 15) is 34.2 Å². The summed E-state index contributed by atoms with van der Waals surface area (Å²) in [5.74, 6) is -0.309. The summed E-state index contributed by atoms with van der Waals surface area (Å²) in [6.07, 6.45) is -8.44. The third-order valence-electron chi connectivity index (χ3n) is 17.8. The van der Waals surface area contributed by atoms with Gasteiger partial charge in [-0.05, 0) is 97.2 Å². The number of aromatic amines is 2. The van der Waals surface area contributed by atoms with Gasteiger partial charge in [-0.15, -0.1) is 0 Å². The molecule has 6 N–H and O–H groups in total. The molecule has 92 heavy (non-hydrogen) atoms. The number of ether oxygens (including phenoxy) is 6. The Kier molecular flexibility index (Phi) is 18.2. The Hall–Kier alpha value is -9.23. The molecule has 2 fully saturated rings. The van der Waals surface area contributed by atoms with E-state index in [-0.39, 0.29) is 45.4 Å². The summed E-state index contributed by atoms with van der Waals surface area (Å²) >= 11 is 1.37. The van der Waals surface area contributed by atoms with Crippen LogP contribution >= 0.6 is 22.7 Å². The van der Waals surface area contributed by atoms with E-state index in [0.29, 0.717) is 47.0 Å². The SMILES string of the molecule is CC[C@H](O)[C@@H]1C[C@@H]([C@@H](C)OC(=O)O[C@H](C)[C@@H]2C[C@@H]([C@@H](O)CC)O[C@H]2n2c(=O)sc3c(=O)[nH]c(NC(c4ccccc4)(c4ccccc4)c4ccc(OC)cc4)nc32)[C@H](n2c(=O)sc3c(=O)[nH]c(NC(c4ccccc4)(c4ccccc4)c4ccc(OC)cc4)nc32)O1. The normalized spacial score (nSPS) is 19.7. The van der Waals surface area contributed by atoms with Gasteiger partial charge in [0.15, 0.2) is 11.3 Å². The number of hydrogen-bond donors (Lipinski definition) is 6. The molecule has 0 amide bonds. The van der Waals surface area contributed by atoms with Crippen molar-refractivity contribution >= 4 is 61.4 Å². The second-order valence-electron chi connectivity index (χ2n) is 23.1. The fourth-order valence-corrected chi connectivity index (χ4v) is 14.7. The fraction of sp³-hybridized carbons (Fsp3) is 0.319. The van der Waals surface area contributed by atoms with Crippen LogP contribution in [0.15, 0.2) is 189 Å². The van der Waals surface area contributed by atoms with Crippen LogP contribution in [0.5, 0.6) is 11.5 Å². The Morgan fingerprint density at radius 1 is 0.543 bits per heavy atom. The van der Waals surface area contributed by atoms with E-state index in [2.05, 4.69) is 20.6 Å². The third kappa shape index (κ3) is 11.8. The van der Waals surface area contributed by atoms with Crippen molar-refractivity contribution in [2.45, 2.75) is 114 Å². The van der Waals surface area contributed by atoms with E-state index in [1.807, 2.05) is 170 Å². The highest BCUT2D eigenvalue weighted by Crippen LogP contribution is 2.46. The molecule has 12 rings (SSSR count). The first-order valence-electron chi connectivity index (χ1n) is 30.5. The van der Waals surface area contributed by atoms with Gasteiger partial charge in [0, 0.05) is 11.8 Å². The lowest BCUT2D eigenvalue weighted by Crippen LogP contribution is -2.39. The van der Waals surface area contributed by atoms with Crippen LogP contribution in [0, 0.1) is 11.8 Å². The number of nitrogens with zero attached hydrogens (tertiary/aromatic N) is 4. The number of methoxy groups -OCH3 is 2. The average Bonchev–Trinajstić information content (AvgIpc) is 1.34. The molecule has 6 heterocycles. The van der Waals surface area contributed by atoms with Crippen molar-refractivity contribution in [1.82, 2.24) is 29.1 Å². The first-order valence-corrected chi connectivity index (χ1v) is 32.1. The number of rotatable bonds is 22. The summed E-state index contributed by atoms with van der Waals surface area (Å²) in [4.78, 5) is 86.5. The highest BCUT2D eigenvalue weighted by molar-refractivity contribution is 7.16. The van der Waals surface area contributed by atoms with Crippen molar-refractivity contribution in [1.29, 1.82) is 0 Å². The van der Waals surface area contributed by atoms with E-state index < -0.39 is 99.0 Å². The molecular weight excluding hydrogens is 1210 g/mol. The molecule has 6 aromatic carbocycles. The van der Waals surface area contributed by atoms with Gasteiger partial charge in [0.05, 0.1) is 38.6 Å². The molecule has 2 aliphatic heterocycles. The molecule has 21 nitrogen and oxygen atoms in total. The molecule has 476 valence electrons. The Labute approximate surface area is 536 Å². The monoisotopic (exact) mass is 1280 g/mol. The van der Waals surface area contributed by atoms with Crippen molar-refractivity contribution < 1.29 is 43.4 Å². The van der Waals surface area contributed by atoms with Crippen molar-refractivity contribution in [3.8, 4) is 11.5 Å². The fourth-order valence-electron chi connectivity index (χ4n) is 13.0. The molecule has 10 aromatic rings. The molecule has 0 saturated carbocycles. The quantitative estimate of drug-likeness (QED) is 0.0272. The third-order valence-corrected chi connectivity index (χ3v) is 19.7. The summed E-state index contributed by atoms with van der Waals surface area (Å²) in [7, 11) is 3.17. The van der Waals surface area contributed by atoms with Gasteiger partial charge in [0.1, 0.15) is 56.6 Å². The van der Waals surface area contributed by atoms with Crippen LogP contribution in [-0.2, 0) is 30.0 Å². The maximum Gasteiger partial charge on any atom is 0.508 e. The van der Waals surface area contributed by atoms with Crippen LogP contribution in [0.2, 0.25) is 0 Å². The number of aromatic nitrogens is 6. The maximum atomic E-state index is 14.5. The van der Waals surface area contributed by atoms with Gasteiger partial charge in [-0.2, -0.15) is 9.97 Å². The Balaban J connectivity index is 0.856. The number of fused-ring (bicyclic) bond motifs is 2. The van der Waals surface area contributed by atoms with Gasteiger partial charge < -0.3 is 49.3 Å². The minimum Gasteiger partial charge on any atom is -0.497 e. The first-order chi connectivity index (χ1) is 44.6. The number of aliphatic hydroxyl groups excluding tert-OH is 2. The largest absolute Gasteiger partial charge is 0.508 e.